The molecule has 1 aromatic carbocycles. The van der Waals surface area contributed by atoms with Gasteiger partial charge in [-0.1, -0.05) is 29.3 Å². The fraction of sp³-hybridized carbons (Fsp3) is 0.533. The van der Waals surface area contributed by atoms with Crippen molar-refractivity contribution in [3.8, 4) is 0 Å². The molecule has 1 saturated heterocycles. The van der Waals surface area contributed by atoms with Gasteiger partial charge in [0.2, 0.25) is 0 Å². The first kappa shape index (κ1) is 16.4. The van der Waals surface area contributed by atoms with E-state index in [1.54, 1.807) is 6.07 Å². The summed E-state index contributed by atoms with van der Waals surface area (Å²) in [6.45, 7) is 4.97. The summed E-state index contributed by atoms with van der Waals surface area (Å²) >= 11 is 12.1. The molecular formula is C15H20Cl2N2O2. The Morgan fingerprint density at radius 2 is 2.05 bits per heavy atom. The number of benzene rings is 1. The van der Waals surface area contributed by atoms with Gasteiger partial charge in [-0.25, -0.2) is 4.79 Å². The lowest BCUT2D eigenvalue weighted by molar-refractivity contribution is 0.0917. The van der Waals surface area contributed by atoms with Gasteiger partial charge in [0.15, 0.2) is 0 Å². The molecule has 0 aliphatic carbocycles. The SMILES string of the molecule is CCN(C(=O)O)C1CCN(Cc2ccc(Cl)cc2Cl)CC1. The molecule has 21 heavy (non-hydrogen) atoms. The molecule has 0 unspecified atom stereocenters. The normalized spacial score (nSPS) is 16.9. The number of piperidine rings is 1. The number of nitrogens with zero attached hydrogens (tertiary/aromatic N) is 2. The molecule has 0 bridgehead atoms. The molecule has 116 valence electrons. The van der Waals surface area contributed by atoms with Crippen molar-refractivity contribution >= 4 is 29.3 Å². The lowest BCUT2D eigenvalue weighted by atomic mass is 10.0. The van der Waals surface area contributed by atoms with Crippen molar-refractivity contribution < 1.29 is 9.90 Å². The molecule has 0 spiro atoms. The lowest BCUT2D eigenvalue weighted by Gasteiger charge is -2.36. The third-order valence-corrected chi connectivity index (χ3v) is 4.58. The standard InChI is InChI=1S/C15H20Cl2N2O2/c1-2-19(15(20)21)13-5-7-18(8-6-13)10-11-3-4-12(16)9-14(11)17/h3-4,9,13H,2,5-8,10H2,1H3,(H,20,21). The molecular weight excluding hydrogens is 311 g/mol. The highest BCUT2D eigenvalue weighted by atomic mass is 35.5. The van der Waals surface area contributed by atoms with Crippen LogP contribution in [0.25, 0.3) is 0 Å². The van der Waals surface area contributed by atoms with Crippen LogP contribution in [0, 0.1) is 0 Å². The van der Waals surface area contributed by atoms with E-state index in [0.717, 1.165) is 38.0 Å². The fourth-order valence-corrected chi connectivity index (χ4v) is 3.30. The third kappa shape index (κ3) is 4.25. The second kappa shape index (κ2) is 7.34. The summed E-state index contributed by atoms with van der Waals surface area (Å²) < 4.78 is 0. The van der Waals surface area contributed by atoms with Gasteiger partial charge in [0.1, 0.15) is 0 Å². The zero-order valence-electron chi connectivity index (χ0n) is 12.1. The molecule has 0 radical (unpaired) electrons. The lowest BCUT2D eigenvalue weighted by Crippen LogP contribution is -2.46. The number of hydrogen-bond acceptors (Lipinski definition) is 2. The average molecular weight is 331 g/mol. The molecule has 1 aromatic rings. The number of halogens is 2. The van der Waals surface area contributed by atoms with Gasteiger partial charge < -0.3 is 10.0 Å². The molecule has 0 atom stereocenters. The monoisotopic (exact) mass is 330 g/mol. The van der Waals surface area contributed by atoms with E-state index in [2.05, 4.69) is 4.90 Å². The van der Waals surface area contributed by atoms with Crippen LogP contribution >= 0.6 is 23.2 Å². The second-order valence-corrected chi connectivity index (χ2v) is 6.16. The summed E-state index contributed by atoms with van der Waals surface area (Å²) in [7, 11) is 0. The molecule has 2 rings (SSSR count). The van der Waals surface area contributed by atoms with Crippen LogP contribution in [-0.2, 0) is 6.54 Å². The van der Waals surface area contributed by atoms with Crippen molar-refractivity contribution in [2.45, 2.75) is 32.4 Å². The number of carbonyl (C=O) groups is 1. The minimum atomic E-state index is -0.823. The smallest absolute Gasteiger partial charge is 0.407 e. The molecule has 1 fully saturated rings. The first-order valence-electron chi connectivity index (χ1n) is 7.17. The van der Waals surface area contributed by atoms with Crippen molar-refractivity contribution in [3.63, 3.8) is 0 Å². The van der Waals surface area contributed by atoms with E-state index in [9.17, 15) is 9.90 Å². The number of amides is 1. The minimum absolute atomic E-state index is 0.129. The first-order chi connectivity index (χ1) is 10.0. The quantitative estimate of drug-likeness (QED) is 0.908. The second-order valence-electron chi connectivity index (χ2n) is 5.31. The predicted molar refractivity (Wildman–Crippen MR) is 85.2 cm³/mol. The fourth-order valence-electron chi connectivity index (χ4n) is 2.83. The molecule has 0 saturated carbocycles. The maximum Gasteiger partial charge on any atom is 0.407 e. The number of carboxylic acid groups (broad SMARTS) is 1. The van der Waals surface area contributed by atoms with Gasteiger partial charge in [-0.3, -0.25) is 4.90 Å². The molecule has 1 aliphatic heterocycles. The zero-order chi connectivity index (χ0) is 15.4. The van der Waals surface area contributed by atoms with Gasteiger partial charge >= 0.3 is 6.09 Å². The van der Waals surface area contributed by atoms with Crippen molar-refractivity contribution in [3.05, 3.63) is 33.8 Å². The summed E-state index contributed by atoms with van der Waals surface area (Å²) in [6, 6.07) is 5.68. The van der Waals surface area contributed by atoms with E-state index in [1.807, 2.05) is 19.1 Å². The van der Waals surface area contributed by atoms with Gasteiger partial charge in [0, 0.05) is 42.3 Å². The van der Waals surface area contributed by atoms with Crippen molar-refractivity contribution in [1.29, 1.82) is 0 Å². The highest BCUT2D eigenvalue weighted by Crippen LogP contribution is 2.24. The number of rotatable bonds is 4. The number of hydrogen-bond donors (Lipinski definition) is 1. The maximum absolute atomic E-state index is 11.2. The Bertz CT molecular complexity index is 502. The van der Waals surface area contributed by atoms with Gasteiger partial charge in [0.25, 0.3) is 0 Å². The Kier molecular flexibility index (Phi) is 5.73. The molecule has 0 aromatic heterocycles. The summed E-state index contributed by atoms with van der Waals surface area (Å²) in [5.41, 5.74) is 1.06. The summed E-state index contributed by atoms with van der Waals surface area (Å²) in [5, 5.41) is 10.5. The Hall–Kier alpha value is -0.970. The Morgan fingerprint density at radius 1 is 1.38 bits per heavy atom. The van der Waals surface area contributed by atoms with Crippen LogP contribution in [0.4, 0.5) is 4.79 Å². The molecule has 6 heteroatoms. The van der Waals surface area contributed by atoms with E-state index in [4.69, 9.17) is 23.2 Å². The molecule has 1 N–H and O–H groups in total. The highest BCUT2D eigenvalue weighted by Gasteiger charge is 2.26. The average Bonchev–Trinajstić information content (AvgIpc) is 2.44. The van der Waals surface area contributed by atoms with Gasteiger partial charge in [-0.2, -0.15) is 0 Å². The Labute approximate surface area is 135 Å². The van der Waals surface area contributed by atoms with E-state index in [0.29, 0.717) is 16.6 Å². The third-order valence-electron chi connectivity index (χ3n) is 3.99. The molecule has 1 aliphatic rings. The highest BCUT2D eigenvalue weighted by molar-refractivity contribution is 6.35. The number of likely N-dealkylation sites (tertiary alicyclic amines) is 1. The van der Waals surface area contributed by atoms with Crippen LogP contribution in [-0.4, -0.2) is 46.7 Å². The van der Waals surface area contributed by atoms with Crippen LogP contribution < -0.4 is 0 Å². The van der Waals surface area contributed by atoms with Crippen LogP contribution in [0.5, 0.6) is 0 Å². The van der Waals surface area contributed by atoms with Crippen LogP contribution in [0.15, 0.2) is 18.2 Å². The van der Waals surface area contributed by atoms with Crippen molar-refractivity contribution in [2.75, 3.05) is 19.6 Å². The first-order valence-corrected chi connectivity index (χ1v) is 7.92. The van der Waals surface area contributed by atoms with Gasteiger partial charge in [-0.05, 0) is 37.5 Å². The Morgan fingerprint density at radius 3 is 2.57 bits per heavy atom. The van der Waals surface area contributed by atoms with Gasteiger partial charge in [-0.15, -0.1) is 0 Å². The molecule has 1 amide bonds. The largest absolute Gasteiger partial charge is 0.465 e. The summed E-state index contributed by atoms with van der Waals surface area (Å²) in [6.07, 6.45) is 0.910. The van der Waals surface area contributed by atoms with Gasteiger partial charge in [0.05, 0.1) is 0 Å². The Balaban J connectivity index is 1.91. The topological polar surface area (TPSA) is 43.8 Å². The summed E-state index contributed by atoms with van der Waals surface area (Å²) in [5.74, 6) is 0. The van der Waals surface area contributed by atoms with E-state index in [1.165, 1.54) is 4.90 Å². The van der Waals surface area contributed by atoms with Crippen molar-refractivity contribution in [2.24, 2.45) is 0 Å². The zero-order valence-corrected chi connectivity index (χ0v) is 13.6. The van der Waals surface area contributed by atoms with E-state index in [-0.39, 0.29) is 6.04 Å². The van der Waals surface area contributed by atoms with Crippen LogP contribution in [0.1, 0.15) is 25.3 Å². The summed E-state index contributed by atoms with van der Waals surface area (Å²) in [4.78, 5) is 15.0. The van der Waals surface area contributed by atoms with Crippen LogP contribution in [0.2, 0.25) is 10.0 Å². The van der Waals surface area contributed by atoms with Crippen molar-refractivity contribution in [1.82, 2.24) is 9.80 Å². The van der Waals surface area contributed by atoms with E-state index < -0.39 is 6.09 Å². The predicted octanol–water partition coefficient (Wildman–Crippen LogP) is 3.96. The molecule has 1 heterocycles. The minimum Gasteiger partial charge on any atom is -0.465 e. The maximum atomic E-state index is 11.2. The molecule has 4 nitrogen and oxygen atoms in total. The van der Waals surface area contributed by atoms with E-state index >= 15 is 0 Å². The van der Waals surface area contributed by atoms with Crippen LogP contribution in [0.3, 0.4) is 0 Å².